The van der Waals surface area contributed by atoms with Crippen LogP contribution in [0.25, 0.3) is 0 Å². The van der Waals surface area contributed by atoms with Crippen molar-refractivity contribution in [2.75, 3.05) is 33.0 Å². The van der Waals surface area contributed by atoms with Crippen LogP contribution in [0.5, 0.6) is 0 Å². The quantitative estimate of drug-likeness (QED) is 0.0404. The average molecular weight is 1030 g/mol. The molecule has 36 heteroatoms. The molecule has 0 saturated carbocycles. The van der Waals surface area contributed by atoms with Crippen LogP contribution in [0.2, 0.25) is 0 Å². The van der Waals surface area contributed by atoms with E-state index in [0.717, 1.165) is 0 Å². The normalized spacial score (nSPS) is 20.1. The summed E-state index contributed by atoms with van der Waals surface area (Å²) in [7, 11) is 0. The summed E-state index contributed by atoms with van der Waals surface area (Å²) >= 11 is 0. The van der Waals surface area contributed by atoms with Crippen LogP contribution in [0, 0.1) is 0 Å². The molecule has 35 nitrogen and oxygen atoms in total. The van der Waals surface area contributed by atoms with Crippen LogP contribution in [-0.4, -0.2) is 313 Å². The molecular weight excluding hydrogens is 971 g/mol. The first-order chi connectivity index (χ1) is 29.6. The minimum Gasteiger partial charge on any atom is -0.547 e. The Labute approximate surface area is 380 Å². The van der Waals surface area contributed by atoms with E-state index in [-0.39, 0.29) is 18.6 Å². The minimum absolute atomic E-state index is 0. The van der Waals surface area contributed by atoms with Gasteiger partial charge in [0.2, 0.25) is 0 Å². The van der Waals surface area contributed by atoms with Crippen molar-refractivity contribution >= 4 is 29.8 Å². The van der Waals surface area contributed by atoms with E-state index in [1.165, 1.54) is 0 Å². The number of carbonyl (C=O) groups excluding carboxylic acids is 5. The van der Waals surface area contributed by atoms with Crippen LogP contribution in [0.1, 0.15) is 0 Å². The number of aliphatic carboxylic acids is 5. The van der Waals surface area contributed by atoms with Gasteiger partial charge in [0.05, 0.1) is 62.9 Å². The Hall–Kier alpha value is -3.07. The molecule has 0 heterocycles. The zero-order valence-corrected chi connectivity index (χ0v) is 34.7. The molecule has 0 aromatic heterocycles. The molecule has 66 heavy (non-hydrogen) atoms. The fraction of sp³-hybridized carbons (Fsp3) is 0.833. The van der Waals surface area contributed by atoms with E-state index in [2.05, 4.69) is 0 Å². The van der Waals surface area contributed by atoms with Crippen molar-refractivity contribution in [3.63, 3.8) is 0 Å². The summed E-state index contributed by atoms with van der Waals surface area (Å²) < 4.78 is 0. The van der Waals surface area contributed by atoms with Crippen LogP contribution in [-0.2, 0) is 42.5 Å². The molecule has 20 atom stereocenters. The minimum atomic E-state index is -2.31. The van der Waals surface area contributed by atoms with Crippen LogP contribution >= 0.6 is 0 Å². The van der Waals surface area contributed by atoms with Crippen molar-refractivity contribution in [2.24, 2.45) is 0 Å². The second-order valence-electron chi connectivity index (χ2n) is 12.5. The van der Waals surface area contributed by atoms with Crippen LogP contribution in [0.3, 0.4) is 0 Å². The van der Waals surface area contributed by atoms with Crippen molar-refractivity contribution in [1.29, 1.82) is 0 Å². The van der Waals surface area contributed by atoms with Crippen LogP contribution in [0.15, 0.2) is 0 Å². The maximum absolute atomic E-state index is 9.98. The van der Waals surface area contributed by atoms with Gasteiger partial charge in [-0.25, -0.2) is 0 Å². The standard InChI is InChI=1S/5C6H12O7.V/c5*7-1-2(8)3(9)4(10)5(11)6(12)13;/h5*2-5,7-11H,1H2,(H,12,13);/q;;;;;+5/p-5/t5*2-,3-,4+,5-;/m11111./s1. The van der Waals surface area contributed by atoms with Gasteiger partial charge in [-0.15, -0.1) is 0 Å². The second-order valence-corrected chi connectivity index (χ2v) is 12.5. The fourth-order valence-electron chi connectivity index (χ4n) is 3.31. The molecule has 0 aliphatic heterocycles. The van der Waals surface area contributed by atoms with Crippen molar-refractivity contribution in [1.82, 2.24) is 0 Å². The first kappa shape index (κ1) is 74.5. The molecule has 390 valence electrons. The Bertz CT molecular complexity index is 1080. The molecule has 0 rings (SSSR count). The number of hydrogen-bond acceptors (Lipinski definition) is 35. The molecular formula is C30H55O35V. The monoisotopic (exact) mass is 1030 g/mol. The van der Waals surface area contributed by atoms with Gasteiger partial charge in [-0.1, -0.05) is 0 Å². The third-order valence-electron chi connectivity index (χ3n) is 7.48. The molecule has 0 aromatic rings. The number of aliphatic hydroxyl groups excluding tert-OH is 25. The SMILES string of the molecule is O=C([O-])[C@H](O)[C@@H](O)[C@H](O)[C@H](O)CO.O=C([O-])[C@H](O)[C@@H](O)[C@H](O)[C@H](O)CO.O=C([O-])[C@H](O)[C@@H](O)[C@H](O)[C@H](O)CO.O=C([O-])[C@H](O)[C@@H](O)[C@H](O)[C@H](O)CO.O=C([O-])[C@H](O)[C@@H](O)[C@H](O)[C@H](O)CO.[V+5]. The molecule has 0 amide bonds. The summed E-state index contributed by atoms with van der Waals surface area (Å²) in [6, 6.07) is 0. The third kappa shape index (κ3) is 29.0. The number of aliphatic hydroxyl groups is 25. The van der Waals surface area contributed by atoms with Gasteiger partial charge >= 0.3 is 18.6 Å². The molecule has 25 N–H and O–H groups in total. The zero-order chi connectivity index (χ0) is 53.0. The maximum atomic E-state index is 9.98. The third-order valence-corrected chi connectivity index (χ3v) is 7.48. The first-order valence-corrected chi connectivity index (χ1v) is 17.3. The Morgan fingerprint density at radius 3 is 0.394 bits per heavy atom. The second kappa shape index (κ2) is 38.9. The predicted molar refractivity (Wildman–Crippen MR) is 181 cm³/mol. The summed E-state index contributed by atoms with van der Waals surface area (Å²) in [5, 5.41) is 267. The maximum Gasteiger partial charge on any atom is 5.00 e. The van der Waals surface area contributed by atoms with Gasteiger partial charge in [0.25, 0.3) is 0 Å². The predicted octanol–water partition coefficient (Wildman–Crippen LogP) is -24.1. The Morgan fingerprint density at radius 1 is 0.242 bits per heavy atom. The van der Waals surface area contributed by atoms with E-state index >= 15 is 0 Å². The zero-order valence-electron chi connectivity index (χ0n) is 33.3. The molecule has 0 spiro atoms. The topological polar surface area (TPSA) is 706 Å². The number of carboxylic acid groups (broad SMARTS) is 5. The molecule has 0 fully saturated rings. The Balaban J connectivity index is -0.000000170. The molecule has 0 aliphatic rings. The smallest absolute Gasteiger partial charge is 0.547 e. The Kier molecular flexibility index (Phi) is 43.8. The van der Waals surface area contributed by atoms with E-state index < -0.39 is 185 Å². The molecule has 0 aliphatic carbocycles. The average Bonchev–Trinajstić information content (AvgIpc) is 3.28. The number of rotatable bonds is 25. The molecule has 0 unspecified atom stereocenters. The van der Waals surface area contributed by atoms with Crippen molar-refractivity contribution in [3.8, 4) is 0 Å². The molecule has 0 bridgehead atoms. The van der Waals surface area contributed by atoms with Gasteiger partial charge in [0.15, 0.2) is 0 Å². The van der Waals surface area contributed by atoms with Gasteiger partial charge in [-0.3, -0.25) is 0 Å². The summed E-state index contributed by atoms with van der Waals surface area (Å²) in [6.45, 7) is -4.32. The van der Waals surface area contributed by atoms with Gasteiger partial charge in [0, 0.05) is 0 Å². The fourth-order valence-corrected chi connectivity index (χ4v) is 3.31. The van der Waals surface area contributed by atoms with Gasteiger partial charge in [0.1, 0.15) is 122 Å². The van der Waals surface area contributed by atoms with E-state index in [9.17, 15) is 49.5 Å². The van der Waals surface area contributed by atoms with Crippen molar-refractivity contribution < 1.29 is 196 Å². The van der Waals surface area contributed by atoms with Crippen molar-refractivity contribution in [2.45, 2.75) is 122 Å². The van der Waals surface area contributed by atoms with Crippen LogP contribution < -0.4 is 25.5 Å². The molecule has 0 aromatic carbocycles. The summed E-state index contributed by atoms with van der Waals surface area (Å²) in [4.78, 5) is 49.9. The van der Waals surface area contributed by atoms with Gasteiger partial charge in [-0.2, -0.15) is 0 Å². The van der Waals surface area contributed by atoms with Crippen molar-refractivity contribution in [3.05, 3.63) is 0 Å². The number of carboxylic acids is 5. The Morgan fingerprint density at radius 2 is 0.333 bits per heavy atom. The van der Waals surface area contributed by atoms with Gasteiger partial charge in [-0.05, 0) is 0 Å². The van der Waals surface area contributed by atoms with E-state index in [0.29, 0.717) is 0 Å². The number of carbonyl (C=O) groups is 5. The van der Waals surface area contributed by atoms with Gasteiger partial charge < -0.3 is 177 Å². The molecule has 0 saturated heterocycles. The van der Waals surface area contributed by atoms with Crippen LogP contribution in [0.4, 0.5) is 0 Å². The van der Waals surface area contributed by atoms with E-state index in [4.69, 9.17) is 128 Å². The number of hydrogen-bond donors (Lipinski definition) is 25. The summed E-state index contributed by atoms with van der Waals surface area (Å²) in [5.41, 5.74) is 0. The first-order valence-electron chi connectivity index (χ1n) is 17.3. The largest absolute Gasteiger partial charge is 5.00 e. The van der Waals surface area contributed by atoms with E-state index in [1.54, 1.807) is 0 Å². The summed E-state index contributed by atoms with van der Waals surface area (Å²) in [6.07, 6.45) is -40.4. The summed E-state index contributed by atoms with van der Waals surface area (Å²) in [5.74, 6) is -9.88. The van der Waals surface area contributed by atoms with E-state index in [1.807, 2.05) is 0 Å². The molecule has 0 radical (unpaired) electrons.